The van der Waals surface area contributed by atoms with Gasteiger partial charge in [-0.2, -0.15) is 5.10 Å². The molecule has 1 amide bonds. The minimum absolute atomic E-state index is 0.0811. The summed E-state index contributed by atoms with van der Waals surface area (Å²) in [5, 5.41) is 7.54. The number of nitrogens with one attached hydrogen (secondary N) is 1. The molecule has 2 aromatic carbocycles. The van der Waals surface area contributed by atoms with E-state index in [2.05, 4.69) is 36.4 Å². The fourth-order valence-electron chi connectivity index (χ4n) is 3.74. The second-order valence-corrected chi connectivity index (χ2v) is 8.38. The molecule has 0 radical (unpaired) electrons. The Balaban J connectivity index is 1.46. The molecule has 0 saturated heterocycles. The number of aromatic nitrogens is 3. The first-order chi connectivity index (χ1) is 15.4. The average Bonchev–Trinajstić information content (AvgIpc) is 3.24. The molecule has 164 valence electrons. The van der Waals surface area contributed by atoms with Crippen molar-refractivity contribution in [3.63, 3.8) is 0 Å². The number of fused-ring (bicyclic) bond motifs is 1. The van der Waals surface area contributed by atoms with Gasteiger partial charge in [0.15, 0.2) is 0 Å². The lowest BCUT2D eigenvalue weighted by Gasteiger charge is -2.14. The highest BCUT2D eigenvalue weighted by molar-refractivity contribution is 5.76. The van der Waals surface area contributed by atoms with Crippen molar-refractivity contribution < 1.29 is 4.79 Å². The van der Waals surface area contributed by atoms with Crippen molar-refractivity contribution in [1.82, 2.24) is 19.5 Å². The summed E-state index contributed by atoms with van der Waals surface area (Å²) < 4.78 is 3.16. The quantitative estimate of drug-likeness (QED) is 0.469. The van der Waals surface area contributed by atoms with Crippen LogP contribution in [0.25, 0.3) is 16.8 Å². The maximum absolute atomic E-state index is 12.9. The van der Waals surface area contributed by atoms with Gasteiger partial charge in [-0.1, -0.05) is 68.4 Å². The van der Waals surface area contributed by atoms with Crippen LogP contribution in [0.4, 0.5) is 0 Å². The largest absolute Gasteiger partial charge is 0.350 e. The lowest BCUT2D eigenvalue weighted by molar-refractivity contribution is -0.121. The van der Waals surface area contributed by atoms with Crippen LogP contribution in [-0.4, -0.2) is 20.1 Å². The number of aryl methyl sites for hydroxylation is 1. The molecule has 32 heavy (non-hydrogen) atoms. The van der Waals surface area contributed by atoms with E-state index in [1.54, 1.807) is 27.5 Å². The van der Waals surface area contributed by atoms with Gasteiger partial charge in [-0.3, -0.25) is 9.59 Å². The van der Waals surface area contributed by atoms with E-state index in [-0.39, 0.29) is 23.9 Å². The van der Waals surface area contributed by atoms with E-state index in [0.717, 1.165) is 16.8 Å². The van der Waals surface area contributed by atoms with E-state index in [0.29, 0.717) is 18.0 Å². The van der Waals surface area contributed by atoms with Crippen LogP contribution in [0.1, 0.15) is 50.3 Å². The van der Waals surface area contributed by atoms with Gasteiger partial charge in [0.2, 0.25) is 5.91 Å². The molecule has 1 atom stereocenters. The van der Waals surface area contributed by atoms with E-state index in [4.69, 9.17) is 0 Å². The molecule has 6 nitrogen and oxygen atoms in total. The third-order valence-electron chi connectivity index (χ3n) is 5.73. The Hall–Kier alpha value is -3.67. The summed E-state index contributed by atoms with van der Waals surface area (Å²) in [5.41, 5.74) is 4.37. The molecule has 0 saturated carbocycles. The summed E-state index contributed by atoms with van der Waals surface area (Å²) in [6.07, 6.45) is 3.67. The summed E-state index contributed by atoms with van der Waals surface area (Å²) in [6, 6.07) is 19.8. The van der Waals surface area contributed by atoms with Crippen LogP contribution in [0.2, 0.25) is 0 Å². The minimum Gasteiger partial charge on any atom is -0.350 e. The lowest BCUT2D eigenvalue weighted by Crippen LogP contribution is -2.29. The molecule has 0 unspecified atom stereocenters. The molecule has 0 aliphatic heterocycles. The van der Waals surface area contributed by atoms with E-state index in [9.17, 15) is 9.59 Å². The number of carbonyl (C=O) groups excluding carboxylic acids is 1. The molecule has 2 heterocycles. The van der Waals surface area contributed by atoms with E-state index in [1.807, 2.05) is 49.4 Å². The summed E-state index contributed by atoms with van der Waals surface area (Å²) in [4.78, 5) is 25.3. The number of amides is 1. The maximum Gasteiger partial charge on any atom is 0.276 e. The molecule has 0 aliphatic rings. The first-order valence-electron chi connectivity index (χ1n) is 11.0. The molecule has 4 aromatic rings. The van der Waals surface area contributed by atoms with Crippen LogP contribution in [0, 0.1) is 0 Å². The Bertz CT molecular complexity index is 1270. The summed E-state index contributed by atoms with van der Waals surface area (Å²) >= 11 is 0. The topological polar surface area (TPSA) is 68.4 Å². The Kier molecular flexibility index (Phi) is 6.21. The van der Waals surface area contributed by atoms with E-state index >= 15 is 0 Å². The Morgan fingerprint density at radius 3 is 2.38 bits per heavy atom. The zero-order chi connectivity index (χ0) is 22.7. The van der Waals surface area contributed by atoms with Crippen LogP contribution in [0.3, 0.4) is 0 Å². The SMILES string of the molecule is CC(C)c1ccc(-c2cc3c(=O)n(CCC(=O)N[C@@H](C)c4ccccc4)ccn3n2)cc1. The normalized spacial score (nSPS) is 12.2. The van der Waals surface area contributed by atoms with Crippen LogP contribution in [0.15, 0.2) is 77.9 Å². The van der Waals surface area contributed by atoms with Crippen LogP contribution in [0.5, 0.6) is 0 Å². The minimum atomic E-state index is -0.158. The second-order valence-electron chi connectivity index (χ2n) is 8.38. The highest BCUT2D eigenvalue weighted by Crippen LogP contribution is 2.22. The molecule has 2 aromatic heterocycles. The highest BCUT2D eigenvalue weighted by atomic mass is 16.2. The van der Waals surface area contributed by atoms with Crippen molar-refractivity contribution in [1.29, 1.82) is 0 Å². The molecule has 0 bridgehead atoms. The zero-order valence-electron chi connectivity index (χ0n) is 18.7. The van der Waals surface area contributed by atoms with Gasteiger partial charge in [0, 0.05) is 30.9 Å². The Labute approximate surface area is 187 Å². The van der Waals surface area contributed by atoms with Crippen LogP contribution in [-0.2, 0) is 11.3 Å². The van der Waals surface area contributed by atoms with Gasteiger partial charge >= 0.3 is 0 Å². The molecule has 0 aliphatic carbocycles. The number of hydrogen-bond acceptors (Lipinski definition) is 3. The lowest BCUT2D eigenvalue weighted by atomic mass is 10.0. The molecular formula is C26H28N4O2. The third kappa shape index (κ3) is 4.64. The second kappa shape index (κ2) is 9.22. The fourth-order valence-corrected chi connectivity index (χ4v) is 3.74. The number of benzene rings is 2. The highest BCUT2D eigenvalue weighted by Gasteiger charge is 2.12. The van der Waals surface area contributed by atoms with Gasteiger partial charge in [-0.25, -0.2) is 4.52 Å². The van der Waals surface area contributed by atoms with Crippen molar-refractivity contribution in [3.05, 3.63) is 94.5 Å². The van der Waals surface area contributed by atoms with Gasteiger partial charge in [-0.05, 0) is 30.0 Å². The zero-order valence-corrected chi connectivity index (χ0v) is 18.7. The summed E-state index contributed by atoms with van der Waals surface area (Å²) in [6.45, 7) is 6.58. The smallest absolute Gasteiger partial charge is 0.276 e. The van der Waals surface area contributed by atoms with Gasteiger partial charge < -0.3 is 9.88 Å². The molecule has 4 rings (SSSR count). The fraction of sp³-hybridized carbons (Fsp3) is 0.269. The van der Waals surface area contributed by atoms with Crippen LogP contribution < -0.4 is 10.9 Å². The van der Waals surface area contributed by atoms with Crippen molar-refractivity contribution >= 4 is 11.4 Å². The van der Waals surface area contributed by atoms with Crippen LogP contribution >= 0.6 is 0 Å². The van der Waals surface area contributed by atoms with E-state index < -0.39 is 0 Å². The molecule has 1 N–H and O–H groups in total. The summed E-state index contributed by atoms with van der Waals surface area (Å²) in [7, 11) is 0. The molecule has 0 fully saturated rings. The number of nitrogens with zero attached hydrogens (tertiary/aromatic N) is 3. The average molecular weight is 429 g/mol. The first kappa shape index (κ1) is 21.6. The molecular weight excluding hydrogens is 400 g/mol. The van der Waals surface area contributed by atoms with Gasteiger partial charge in [0.1, 0.15) is 5.52 Å². The van der Waals surface area contributed by atoms with Gasteiger partial charge in [0.05, 0.1) is 11.7 Å². The third-order valence-corrected chi connectivity index (χ3v) is 5.73. The number of rotatable bonds is 7. The number of carbonyl (C=O) groups is 1. The standard InChI is InChI=1S/C26H28N4O2/c1-18(2)20-9-11-22(12-10-20)23-17-24-26(32)29(15-16-30(24)28-23)14-13-25(31)27-19(3)21-7-5-4-6-8-21/h4-12,15-19H,13-14H2,1-3H3,(H,27,31)/t19-/m0/s1. The monoisotopic (exact) mass is 428 g/mol. The first-order valence-corrected chi connectivity index (χ1v) is 11.0. The Morgan fingerprint density at radius 2 is 1.69 bits per heavy atom. The van der Waals surface area contributed by atoms with Crippen molar-refractivity contribution in [2.75, 3.05) is 0 Å². The van der Waals surface area contributed by atoms with Crippen molar-refractivity contribution in [3.8, 4) is 11.3 Å². The van der Waals surface area contributed by atoms with Crippen molar-refractivity contribution in [2.45, 2.75) is 45.7 Å². The molecule has 6 heteroatoms. The maximum atomic E-state index is 12.9. The predicted molar refractivity (Wildman–Crippen MR) is 127 cm³/mol. The van der Waals surface area contributed by atoms with Gasteiger partial charge in [-0.15, -0.1) is 0 Å². The predicted octanol–water partition coefficient (Wildman–Crippen LogP) is 4.55. The summed E-state index contributed by atoms with van der Waals surface area (Å²) in [5.74, 6) is 0.373. The number of hydrogen-bond donors (Lipinski definition) is 1. The van der Waals surface area contributed by atoms with Crippen molar-refractivity contribution in [2.24, 2.45) is 0 Å². The molecule has 0 spiro atoms. The van der Waals surface area contributed by atoms with Gasteiger partial charge in [0.25, 0.3) is 5.56 Å². The van der Waals surface area contributed by atoms with E-state index in [1.165, 1.54) is 5.56 Å². The Morgan fingerprint density at radius 1 is 0.969 bits per heavy atom.